The fourth-order valence-corrected chi connectivity index (χ4v) is 2.80. The van der Waals surface area contributed by atoms with E-state index in [0.717, 1.165) is 25.9 Å². The molecule has 1 aromatic rings. The molecule has 1 aromatic carbocycles. The Kier molecular flexibility index (Phi) is 4.21. The van der Waals surface area contributed by atoms with Crippen LogP contribution in [0.2, 0.25) is 0 Å². The second-order valence-electron chi connectivity index (χ2n) is 6.50. The molecule has 1 aliphatic heterocycles. The van der Waals surface area contributed by atoms with Gasteiger partial charge < -0.3 is 15.8 Å². The largest absolute Gasteiger partial charge is 0.409 e. The lowest BCUT2D eigenvalue weighted by Crippen LogP contribution is -2.39. The quantitative estimate of drug-likeness (QED) is 0.384. The molecule has 4 heteroatoms. The highest BCUT2D eigenvalue weighted by Crippen LogP contribution is 2.31. The lowest BCUT2D eigenvalue weighted by molar-refractivity contribution is 0.305. The highest BCUT2D eigenvalue weighted by atomic mass is 16.4. The molecule has 0 fully saturated rings. The van der Waals surface area contributed by atoms with E-state index in [-0.39, 0.29) is 5.41 Å². The van der Waals surface area contributed by atoms with Crippen LogP contribution in [0, 0.1) is 11.3 Å². The van der Waals surface area contributed by atoms with Crippen molar-refractivity contribution in [2.45, 2.75) is 33.6 Å². The van der Waals surface area contributed by atoms with Crippen molar-refractivity contribution in [2.75, 3.05) is 18.0 Å². The van der Waals surface area contributed by atoms with Gasteiger partial charge in [0.1, 0.15) is 5.84 Å². The van der Waals surface area contributed by atoms with Crippen molar-refractivity contribution in [3.63, 3.8) is 0 Å². The van der Waals surface area contributed by atoms with Crippen LogP contribution in [-0.4, -0.2) is 24.1 Å². The normalized spacial score (nSPS) is 19.9. The molecule has 0 spiro atoms. The van der Waals surface area contributed by atoms with Gasteiger partial charge >= 0.3 is 0 Å². The Morgan fingerprint density at radius 2 is 2.15 bits per heavy atom. The molecule has 0 saturated carbocycles. The van der Waals surface area contributed by atoms with Crippen LogP contribution in [0.15, 0.2) is 29.4 Å². The number of nitrogens with two attached hydrogens (primary N) is 1. The number of amidine groups is 1. The number of benzene rings is 1. The zero-order chi connectivity index (χ0) is 14.8. The van der Waals surface area contributed by atoms with Gasteiger partial charge in [-0.3, -0.25) is 0 Å². The van der Waals surface area contributed by atoms with E-state index in [0.29, 0.717) is 11.8 Å². The molecule has 0 saturated heterocycles. The zero-order valence-corrected chi connectivity index (χ0v) is 12.6. The maximum absolute atomic E-state index is 8.86. The van der Waals surface area contributed by atoms with E-state index in [1.165, 1.54) is 11.3 Å². The molecular formula is C16H25N3O. The summed E-state index contributed by atoms with van der Waals surface area (Å²) < 4.78 is 0. The van der Waals surface area contributed by atoms with Crippen molar-refractivity contribution in [1.82, 2.24) is 0 Å². The van der Waals surface area contributed by atoms with Gasteiger partial charge in [0.15, 0.2) is 0 Å². The summed E-state index contributed by atoms with van der Waals surface area (Å²) >= 11 is 0. The van der Waals surface area contributed by atoms with E-state index in [4.69, 9.17) is 10.9 Å². The van der Waals surface area contributed by atoms with Crippen molar-refractivity contribution in [2.24, 2.45) is 22.2 Å². The van der Waals surface area contributed by atoms with Crippen molar-refractivity contribution < 1.29 is 5.21 Å². The van der Waals surface area contributed by atoms with Crippen molar-refractivity contribution >= 4 is 11.5 Å². The number of fused-ring (bicyclic) bond motifs is 1. The SMILES string of the molecule is CC1Cc2ccccc2N(CCC(C)(C)C(N)=NO)C1. The van der Waals surface area contributed by atoms with Crippen LogP contribution in [-0.2, 0) is 6.42 Å². The van der Waals surface area contributed by atoms with E-state index in [2.05, 4.69) is 41.2 Å². The number of anilines is 1. The Bertz CT molecular complexity index is 496. The first-order valence-electron chi connectivity index (χ1n) is 7.25. The maximum atomic E-state index is 8.86. The molecule has 110 valence electrons. The molecule has 0 bridgehead atoms. The summed E-state index contributed by atoms with van der Waals surface area (Å²) in [7, 11) is 0. The molecule has 1 atom stereocenters. The Morgan fingerprint density at radius 3 is 2.85 bits per heavy atom. The molecule has 4 nitrogen and oxygen atoms in total. The Balaban J connectivity index is 2.11. The lowest BCUT2D eigenvalue weighted by Gasteiger charge is -2.36. The number of oxime groups is 1. The average Bonchev–Trinajstić information content (AvgIpc) is 2.43. The summed E-state index contributed by atoms with van der Waals surface area (Å²) in [5.74, 6) is 0.965. The summed E-state index contributed by atoms with van der Waals surface area (Å²) in [6.07, 6.45) is 2.01. The number of para-hydroxylation sites is 1. The van der Waals surface area contributed by atoms with E-state index < -0.39 is 0 Å². The zero-order valence-electron chi connectivity index (χ0n) is 12.6. The van der Waals surface area contributed by atoms with Gasteiger partial charge in [-0.1, -0.05) is 44.1 Å². The third kappa shape index (κ3) is 3.06. The van der Waals surface area contributed by atoms with Crippen LogP contribution >= 0.6 is 0 Å². The van der Waals surface area contributed by atoms with E-state index in [1.54, 1.807) is 0 Å². The monoisotopic (exact) mass is 275 g/mol. The molecule has 20 heavy (non-hydrogen) atoms. The Hall–Kier alpha value is -1.71. The minimum absolute atomic E-state index is 0.287. The van der Waals surface area contributed by atoms with Gasteiger partial charge in [-0.15, -0.1) is 0 Å². The number of rotatable bonds is 4. The number of nitrogens with zero attached hydrogens (tertiary/aromatic N) is 2. The van der Waals surface area contributed by atoms with Gasteiger partial charge in [0.2, 0.25) is 0 Å². The smallest absolute Gasteiger partial charge is 0.144 e. The first-order chi connectivity index (χ1) is 9.44. The minimum atomic E-state index is -0.287. The highest BCUT2D eigenvalue weighted by molar-refractivity contribution is 5.85. The van der Waals surface area contributed by atoms with E-state index in [9.17, 15) is 0 Å². The van der Waals surface area contributed by atoms with Crippen LogP contribution in [0.5, 0.6) is 0 Å². The number of hydrogen-bond acceptors (Lipinski definition) is 3. The molecule has 1 unspecified atom stereocenters. The third-order valence-electron chi connectivity index (χ3n) is 4.24. The fourth-order valence-electron chi connectivity index (χ4n) is 2.80. The van der Waals surface area contributed by atoms with Crippen molar-refractivity contribution in [3.05, 3.63) is 29.8 Å². The molecule has 2 rings (SSSR count). The van der Waals surface area contributed by atoms with Gasteiger partial charge in [-0.2, -0.15) is 0 Å². The molecule has 0 amide bonds. The van der Waals surface area contributed by atoms with Crippen molar-refractivity contribution in [1.29, 1.82) is 0 Å². The summed E-state index contributed by atoms with van der Waals surface area (Å²) in [5, 5.41) is 12.0. The first kappa shape index (κ1) is 14.7. The molecule has 0 aliphatic carbocycles. The molecule has 0 aromatic heterocycles. The van der Waals surface area contributed by atoms with Crippen LogP contribution in [0.4, 0.5) is 5.69 Å². The first-order valence-corrected chi connectivity index (χ1v) is 7.25. The molecule has 0 radical (unpaired) electrons. The Morgan fingerprint density at radius 1 is 1.45 bits per heavy atom. The number of hydrogen-bond donors (Lipinski definition) is 2. The van der Waals surface area contributed by atoms with Crippen molar-refractivity contribution in [3.8, 4) is 0 Å². The predicted octanol–water partition coefficient (Wildman–Crippen LogP) is 2.85. The topological polar surface area (TPSA) is 61.8 Å². The van der Waals surface area contributed by atoms with Gasteiger partial charge in [0, 0.05) is 24.2 Å². The fraction of sp³-hybridized carbons (Fsp3) is 0.562. The third-order valence-corrected chi connectivity index (χ3v) is 4.24. The summed E-state index contributed by atoms with van der Waals surface area (Å²) in [6, 6.07) is 8.61. The average molecular weight is 275 g/mol. The second kappa shape index (κ2) is 5.73. The molecule has 1 heterocycles. The predicted molar refractivity (Wildman–Crippen MR) is 83.3 cm³/mol. The van der Waals surface area contributed by atoms with E-state index >= 15 is 0 Å². The van der Waals surface area contributed by atoms with Crippen LogP contribution in [0.25, 0.3) is 0 Å². The van der Waals surface area contributed by atoms with Gasteiger partial charge in [-0.25, -0.2) is 0 Å². The standard InChI is InChI=1S/C16H25N3O/c1-12-10-13-6-4-5-7-14(13)19(11-12)9-8-16(2,3)15(17)18-20/h4-7,12,20H,8-11H2,1-3H3,(H2,17,18). The van der Waals surface area contributed by atoms with Gasteiger partial charge in [0.05, 0.1) is 0 Å². The highest BCUT2D eigenvalue weighted by Gasteiger charge is 2.27. The summed E-state index contributed by atoms with van der Waals surface area (Å²) in [4.78, 5) is 2.43. The molecule has 1 aliphatic rings. The van der Waals surface area contributed by atoms with Gasteiger partial charge in [0.25, 0.3) is 0 Å². The van der Waals surface area contributed by atoms with E-state index in [1.807, 2.05) is 13.8 Å². The molecular weight excluding hydrogens is 250 g/mol. The van der Waals surface area contributed by atoms with Gasteiger partial charge in [-0.05, 0) is 30.4 Å². The second-order valence-corrected chi connectivity index (χ2v) is 6.50. The lowest BCUT2D eigenvalue weighted by atomic mass is 9.86. The maximum Gasteiger partial charge on any atom is 0.144 e. The summed E-state index contributed by atoms with van der Waals surface area (Å²) in [5.41, 5.74) is 8.24. The molecule has 3 N–H and O–H groups in total. The van der Waals surface area contributed by atoms with Crippen LogP contribution < -0.4 is 10.6 Å². The van der Waals surface area contributed by atoms with Crippen LogP contribution in [0.3, 0.4) is 0 Å². The Labute approximate surface area is 121 Å². The van der Waals surface area contributed by atoms with Crippen LogP contribution in [0.1, 0.15) is 32.8 Å². The summed E-state index contributed by atoms with van der Waals surface area (Å²) in [6.45, 7) is 8.31. The minimum Gasteiger partial charge on any atom is -0.409 e.